The molecule has 1 aromatic heterocycles. The summed E-state index contributed by atoms with van der Waals surface area (Å²) in [5.74, 6) is 0.795. The molecule has 1 N–H and O–H groups in total. The Bertz CT molecular complexity index is 698. The fraction of sp³-hybridized carbons (Fsp3) is 0.125. The zero-order valence-electron chi connectivity index (χ0n) is 10.9. The van der Waals surface area contributed by atoms with Gasteiger partial charge < -0.3 is 9.73 Å². The number of rotatable bonds is 3. The van der Waals surface area contributed by atoms with Crippen molar-refractivity contribution in [1.29, 1.82) is 0 Å². The lowest BCUT2D eigenvalue weighted by Crippen LogP contribution is -2.17. The maximum absolute atomic E-state index is 6.29. The Balaban J connectivity index is 2.14. The molecule has 4 heteroatoms. The van der Waals surface area contributed by atoms with Crippen LogP contribution in [0.1, 0.15) is 17.4 Å². The van der Waals surface area contributed by atoms with Crippen molar-refractivity contribution in [3.8, 4) is 0 Å². The second kappa shape index (κ2) is 5.49. The number of furan rings is 1. The van der Waals surface area contributed by atoms with Crippen molar-refractivity contribution in [2.24, 2.45) is 0 Å². The van der Waals surface area contributed by atoms with E-state index >= 15 is 0 Å². The highest BCUT2D eigenvalue weighted by molar-refractivity contribution is 6.36. The number of hydrogen-bond acceptors (Lipinski definition) is 2. The molecule has 0 amide bonds. The summed E-state index contributed by atoms with van der Waals surface area (Å²) < 4.78 is 5.91. The van der Waals surface area contributed by atoms with Gasteiger partial charge in [-0.3, -0.25) is 0 Å². The van der Waals surface area contributed by atoms with Gasteiger partial charge in [-0.1, -0.05) is 47.5 Å². The third kappa shape index (κ3) is 2.31. The van der Waals surface area contributed by atoms with Crippen LogP contribution >= 0.6 is 23.2 Å². The molecule has 0 aliphatic heterocycles. The van der Waals surface area contributed by atoms with E-state index in [4.69, 9.17) is 27.6 Å². The highest BCUT2D eigenvalue weighted by Crippen LogP contribution is 2.35. The lowest BCUT2D eigenvalue weighted by Gasteiger charge is -2.17. The maximum atomic E-state index is 6.29. The van der Waals surface area contributed by atoms with Crippen LogP contribution in [0.15, 0.2) is 52.9 Å². The smallest absolute Gasteiger partial charge is 0.134 e. The van der Waals surface area contributed by atoms with Gasteiger partial charge in [0.1, 0.15) is 11.3 Å². The zero-order valence-corrected chi connectivity index (χ0v) is 12.4. The summed E-state index contributed by atoms with van der Waals surface area (Å²) in [5, 5.41) is 5.52. The summed E-state index contributed by atoms with van der Waals surface area (Å²) in [7, 11) is 1.86. The SMILES string of the molecule is CNC(c1cc2ccccc2o1)c1c(Cl)cccc1Cl. The first-order valence-electron chi connectivity index (χ1n) is 6.30. The van der Waals surface area contributed by atoms with Gasteiger partial charge in [-0.05, 0) is 31.3 Å². The van der Waals surface area contributed by atoms with Crippen molar-refractivity contribution in [3.05, 3.63) is 69.9 Å². The second-order valence-corrected chi connectivity index (χ2v) is 5.36. The van der Waals surface area contributed by atoms with E-state index in [1.165, 1.54) is 0 Å². The fourth-order valence-electron chi connectivity index (χ4n) is 2.36. The Kier molecular flexibility index (Phi) is 3.70. The quantitative estimate of drug-likeness (QED) is 0.732. The van der Waals surface area contributed by atoms with Gasteiger partial charge in [0.25, 0.3) is 0 Å². The number of hydrogen-bond donors (Lipinski definition) is 1. The Hall–Kier alpha value is -1.48. The van der Waals surface area contributed by atoms with E-state index in [0.29, 0.717) is 10.0 Å². The minimum absolute atomic E-state index is 0.177. The molecular formula is C16H13Cl2NO. The molecule has 1 unspecified atom stereocenters. The number of fused-ring (bicyclic) bond motifs is 1. The Morgan fingerprint density at radius 3 is 2.35 bits per heavy atom. The van der Waals surface area contributed by atoms with Crippen molar-refractivity contribution in [3.63, 3.8) is 0 Å². The number of para-hydroxylation sites is 1. The van der Waals surface area contributed by atoms with Crippen LogP contribution in [0.4, 0.5) is 0 Å². The van der Waals surface area contributed by atoms with Crippen molar-refractivity contribution in [1.82, 2.24) is 5.32 Å². The molecule has 0 spiro atoms. The van der Waals surface area contributed by atoms with Gasteiger partial charge in [0, 0.05) is 21.0 Å². The second-order valence-electron chi connectivity index (χ2n) is 4.54. The molecule has 0 fully saturated rings. The van der Waals surface area contributed by atoms with Gasteiger partial charge in [-0.15, -0.1) is 0 Å². The third-order valence-electron chi connectivity index (χ3n) is 3.31. The molecule has 0 radical (unpaired) electrons. The van der Waals surface area contributed by atoms with E-state index in [0.717, 1.165) is 22.3 Å². The molecule has 2 aromatic carbocycles. The van der Waals surface area contributed by atoms with Gasteiger partial charge in [0.05, 0.1) is 6.04 Å². The molecule has 20 heavy (non-hydrogen) atoms. The molecule has 1 heterocycles. The predicted octanol–water partition coefficient (Wildman–Crippen LogP) is 5.05. The minimum Gasteiger partial charge on any atom is -0.459 e. The van der Waals surface area contributed by atoms with Crippen LogP contribution in [0.3, 0.4) is 0 Å². The molecule has 1 atom stereocenters. The van der Waals surface area contributed by atoms with E-state index < -0.39 is 0 Å². The van der Waals surface area contributed by atoms with Crippen LogP contribution < -0.4 is 5.32 Å². The first kappa shape index (κ1) is 13.5. The average molecular weight is 306 g/mol. The molecule has 0 saturated heterocycles. The monoisotopic (exact) mass is 305 g/mol. The van der Waals surface area contributed by atoms with E-state index in [1.807, 2.05) is 55.6 Å². The summed E-state index contributed by atoms with van der Waals surface area (Å²) in [6, 6.07) is 15.2. The van der Waals surface area contributed by atoms with Crippen LogP contribution in [0.5, 0.6) is 0 Å². The van der Waals surface area contributed by atoms with Crippen LogP contribution in [0.25, 0.3) is 11.0 Å². The van der Waals surface area contributed by atoms with E-state index in [2.05, 4.69) is 5.32 Å². The summed E-state index contributed by atoms with van der Waals surface area (Å²) in [4.78, 5) is 0. The van der Waals surface area contributed by atoms with E-state index in [9.17, 15) is 0 Å². The van der Waals surface area contributed by atoms with Gasteiger partial charge in [-0.2, -0.15) is 0 Å². The molecule has 0 bridgehead atoms. The lowest BCUT2D eigenvalue weighted by atomic mass is 10.0. The highest BCUT2D eigenvalue weighted by Gasteiger charge is 2.21. The van der Waals surface area contributed by atoms with Crippen molar-refractivity contribution < 1.29 is 4.42 Å². The standard InChI is InChI=1S/C16H13Cl2NO/c1-19-16(15-11(17)6-4-7-12(15)18)14-9-10-5-2-3-8-13(10)20-14/h2-9,16,19H,1H3. The van der Waals surface area contributed by atoms with Crippen LogP contribution in [0, 0.1) is 0 Å². The summed E-state index contributed by atoms with van der Waals surface area (Å²) in [5.41, 5.74) is 1.68. The van der Waals surface area contributed by atoms with Crippen molar-refractivity contribution in [2.45, 2.75) is 6.04 Å². The molecule has 2 nitrogen and oxygen atoms in total. The van der Waals surface area contributed by atoms with Gasteiger partial charge >= 0.3 is 0 Å². The Morgan fingerprint density at radius 1 is 1.00 bits per heavy atom. The molecule has 0 aliphatic rings. The molecule has 0 saturated carbocycles. The van der Waals surface area contributed by atoms with Gasteiger partial charge in [-0.25, -0.2) is 0 Å². The zero-order chi connectivity index (χ0) is 14.1. The first-order chi connectivity index (χ1) is 9.70. The Labute approximate surface area is 127 Å². The lowest BCUT2D eigenvalue weighted by molar-refractivity contribution is 0.492. The minimum atomic E-state index is -0.177. The van der Waals surface area contributed by atoms with Crippen LogP contribution in [-0.2, 0) is 0 Å². The normalized spacial score (nSPS) is 12.8. The number of nitrogens with one attached hydrogen (secondary N) is 1. The summed E-state index contributed by atoms with van der Waals surface area (Å²) in [6.07, 6.45) is 0. The highest BCUT2D eigenvalue weighted by atomic mass is 35.5. The predicted molar refractivity (Wildman–Crippen MR) is 83.6 cm³/mol. The fourth-order valence-corrected chi connectivity index (χ4v) is 2.98. The molecular weight excluding hydrogens is 293 g/mol. The largest absolute Gasteiger partial charge is 0.459 e. The van der Waals surface area contributed by atoms with Crippen molar-refractivity contribution in [2.75, 3.05) is 7.05 Å². The Morgan fingerprint density at radius 2 is 1.70 bits per heavy atom. The van der Waals surface area contributed by atoms with Gasteiger partial charge in [0.2, 0.25) is 0 Å². The maximum Gasteiger partial charge on any atom is 0.134 e. The molecule has 102 valence electrons. The van der Waals surface area contributed by atoms with E-state index in [-0.39, 0.29) is 6.04 Å². The first-order valence-corrected chi connectivity index (χ1v) is 7.06. The number of halogens is 2. The molecule has 0 aliphatic carbocycles. The van der Waals surface area contributed by atoms with Gasteiger partial charge in [0.15, 0.2) is 0 Å². The van der Waals surface area contributed by atoms with Crippen LogP contribution in [0.2, 0.25) is 10.0 Å². The van der Waals surface area contributed by atoms with E-state index in [1.54, 1.807) is 0 Å². The summed E-state index contributed by atoms with van der Waals surface area (Å²) >= 11 is 12.6. The molecule has 3 aromatic rings. The topological polar surface area (TPSA) is 25.2 Å². The summed E-state index contributed by atoms with van der Waals surface area (Å²) in [6.45, 7) is 0. The number of benzene rings is 2. The van der Waals surface area contributed by atoms with Crippen LogP contribution in [-0.4, -0.2) is 7.05 Å². The van der Waals surface area contributed by atoms with Crippen molar-refractivity contribution >= 4 is 34.2 Å². The molecule has 3 rings (SSSR count). The average Bonchev–Trinajstić information content (AvgIpc) is 2.86. The third-order valence-corrected chi connectivity index (χ3v) is 3.97.